The van der Waals surface area contributed by atoms with Gasteiger partial charge in [0.05, 0.1) is 0 Å². The van der Waals surface area contributed by atoms with Crippen LogP contribution in [0.2, 0.25) is 0 Å². The van der Waals surface area contributed by atoms with Gasteiger partial charge in [0.2, 0.25) is 0 Å². The van der Waals surface area contributed by atoms with Crippen LogP contribution >= 0.6 is 15.9 Å². The van der Waals surface area contributed by atoms with Gasteiger partial charge in [0.15, 0.2) is 0 Å². The molecular weight excluding hydrogens is 431 g/mol. The predicted octanol–water partition coefficient (Wildman–Crippen LogP) is 3.81. The van der Waals surface area contributed by atoms with Crippen LogP contribution in [-0.4, -0.2) is 39.5 Å². The first-order chi connectivity index (χ1) is 12.6. The molecule has 2 N–H and O–H groups in total. The number of carbonyl (C=O) groups is 2. The standard InChI is InChI=1S/C17H19BrF3N3O3/c1-2-3-4-5-13-10-16(27,17(19,20)21)24(23-13)15(26)14(25)22-12-8-6-11(18)7-9-12/h6-9,27H,2-5,10H2,1H3,(H,22,25). The van der Waals surface area contributed by atoms with Gasteiger partial charge in [0.25, 0.3) is 5.72 Å². The molecule has 0 fully saturated rings. The zero-order valence-corrected chi connectivity index (χ0v) is 16.1. The molecular formula is C17H19BrF3N3O3. The molecule has 0 spiro atoms. The van der Waals surface area contributed by atoms with E-state index in [0.29, 0.717) is 6.42 Å². The van der Waals surface area contributed by atoms with Crippen LogP contribution in [-0.2, 0) is 9.59 Å². The van der Waals surface area contributed by atoms with E-state index >= 15 is 0 Å². The van der Waals surface area contributed by atoms with Crippen LogP contribution in [0, 0.1) is 0 Å². The number of halogens is 4. The van der Waals surface area contributed by atoms with Crippen molar-refractivity contribution in [3.8, 4) is 0 Å². The lowest BCUT2D eigenvalue weighted by atomic mass is 10.0. The van der Waals surface area contributed by atoms with Crippen molar-refractivity contribution in [3.63, 3.8) is 0 Å². The van der Waals surface area contributed by atoms with Crippen LogP contribution < -0.4 is 5.32 Å². The molecule has 0 bridgehead atoms. The fourth-order valence-corrected chi connectivity index (χ4v) is 2.85. The van der Waals surface area contributed by atoms with Crippen LogP contribution in [0.5, 0.6) is 0 Å². The molecule has 2 amide bonds. The minimum atomic E-state index is -5.16. The van der Waals surface area contributed by atoms with E-state index in [1.165, 1.54) is 12.1 Å². The van der Waals surface area contributed by atoms with Gasteiger partial charge >= 0.3 is 18.0 Å². The number of unbranched alkanes of at least 4 members (excludes halogenated alkanes) is 2. The summed E-state index contributed by atoms with van der Waals surface area (Å²) in [6.45, 7) is 1.94. The van der Waals surface area contributed by atoms with E-state index in [9.17, 15) is 27.9 Å². The molecule has 6 nitrogen and oxygen atoms in total. The van der Waals surface area contributed by atoms with Gasteiger partial charge in [-0.1, -0.05) is 35.7 Å². The van der Waals surface area contributed by atoms with Crippen molar-refractivity contribution in [2.24, 2.45) is 5.10 Å². The molecule has 1 aliphatic rings. The van der Waals surface area contributed by atoms with Gasteiger partial charge in [0, 0.05) is 22.3 Å². The number of hydrogen-bond donors (Lipinski definition) is 2. The summed E-state index contributed by atoms with van der Waals surface area (Å²) in [6, 6.07) is 6.11. The Balaban J connectivity index is 2.20. The van der Waals surface area contributed by atoms with Crippen LogP contribution in [0.1, 0.15) is 39.0 Å². The van der Waals surface area contributed by atoms with Crippen molar-refractivity contribution < 1.29 is 27.9 Å². The third-order valence-electron chi connectivity index (χ3n) is 4.05. The quantitative estimate of drug-likeness (QED) is 0.529. The number of benzene rings is 1. The minimum Gasteiger partial charge on any atom is -0.362 e. The normalized spacial score (nSPS) is 19.8. The molecule has 27 heavy (non-hydrogen) atoms. The number of nitrogens with one attached hydrogen (secondary N) is 1. The Morgan fingerprint density at radius 2 is 1.93 bits per heavy atom. The second-order valence-corrected chi connectivity index (χ2v) is 7.11. The van der Waals surface area contributed by atoms with Gasteiger partial charge in [-0.25, -0.2) is 0 Å². The van der Waals surface area contributed by atoms with Gasteiger partial charge in [-0.3, -0.25) is 9.59 Å². The zero-order chi connectivity index (χ0) is 20.2. The number of rotatable bonds is 5. The Kier molecular flexibility index (Phi) is 6.63. The van der Waals surface area contributed by atoms with Crippen LogP contribution in [0.3, 0.4) is 0 Å². The number of aliphatic hydroxyl groups is 1. The second kappa shape index (κ2) is 8.39. The van der Waals surface area contributed by atoms with Gasteiger partial charge in [0.1, 0.15) is 0 Å². The number of hydrazone groups is 1. The molecule has 0 radical (unpaired) electrons. The highest BCUT2D eigenvalue weighted by atomic mass is 79.9. The third-order valence-corrected chi connectivity index (χ3v) is 4.58. The van der Waals surface area contributed by atoms with Crippen molar-refractivity contribution in [1.29, 1.82) is 0 Å². The minimum absolute atomic E-state index is 0.0352. The average Bonchev–Trinajstić information content (AvgIpc) is 2.94. The van der Waals surface area contributed by atoms with Crippen molar-refractivity contribution in [2.75, 3.05) is 5.32 Å². The molecule has 0 saturated carbocycles. The molecule has 1 unspecified atom stereocenters. The van der Waals surface area contributed by atoms with Gasteiger partial charge in [-0.05, 0) is 37.1 Å². The lowest BCUT2D eigenvalue weighted by Crippen LogP contribution is -2.58. The molecule has 1 atom stereocenters. The Bertz CT molecular complexity index is 737. The smallest absolute Gasteiger partial charge is 0.362 e. The number of alkyl halides is 3. The fourth-order valence-electron chi connectivity index (χ4n) is 2.58. The van der Waals surface area contributed by atoms with E-state index in [1.54, 1.807) is 12.1 Å². The largest absolute Gasteiger partial charge is 0.438 e. The zero-order valence-electron chi connectivity index (χ0n) is 14.5. The first-order valence-electron chi connectivity index (χ1n) is 8.35. The monoisotopic (exact) mass is 449 g/mol. The lowest BCUT2D eigenvalue weighted by Gasteiger charge is -2.32. The molecule has 2 rings (SSSR count). The van der Waals surface area contributed by atoms with E-state index < -0.39 is 30.1 Å². The van der Waals surface area contributed by atoms with Gasteiger partial charge in [-0.2, -0.15) is 23.3 Å². The molecule has 10 heteroatoms. The summed E-state index contributed by atoms with van der Waals surface area (Å²) in [5.41, 5.74) is -3.27. The Hall–Kier alpha value is -1.94. The summed E-state index contributed by atoms with van der Waals surface area (Å²) in [4.78, 5) is 24.4. The first-order valence-corrected chi connectivity index (χ1v) is 9.14. The van der Waals surface area contributed by atoms with Crippen molar-refractivity contribution >= 4 is 39.1 Å². The molecule has 1 aromatic rings. The number of amides is 2. The first kappa shape index (κ1) is 21.4. The lowest BCUT2D eigenvalue weighted by molar-refractivity contribution is -0.301. The Morgan fingerprint density at radius 3 is 2.48 bits per heavy atom. The predicted molar refractivity (Wildman–Crippen MR) is 96.8 cm³/mol. The van der Waals surface area contributed by atoms with E-state index in [1.807, 2.05) is 6.92 Å². The summed E-state index contributed by atoms with van der Waals surface area (Å²) in [5.74, 6) is -2.90. The highest BCUT2D eigenvalue weighted by molar-refractivity contribution is 9.10. The summed E-state index contributed by atoms with van der Waals surface area (Å²) in [6.07, 6.45) is -3.59. The number of hydrogen-bond acceptors (Lipinski definition) is 4. The Labute approximate surface area is 162 Å². The molecule has 1 heterocycles. The van der Waals surface area contributed by atoms with Crippen molar-refractivity contribution in [3.05, 3.63) is 28.7 Å². The SMILES string of the molecule is CCCCCC1=NN(C(=O)C(=O)Nc2ccc(Br)cc2)C(O)(C(F)(F)F)C1. The van der Waals surface area contributed by atoms with E-state index in [-0.39, 0.29) is 22.8 Å². The highest BCUT2D eigenvalue weighted by Crippen LogP contribution is 2.41. The Morgan fingerprint density at radius 1 is 1.30 bits per heavy atom. The summed E-state index contributed by atoms with van der Waals surface area (Å²) in [5, 5.41) is 15.8. The summed E-state index contributed by atoms with van der Waals surface area (Å²) in [7, 11) is 0. The van der Waals surface area contributed by atoms with E-state index in [2.05, 4.69) is 26.3 Å². The number of anilines is 1. The van der Waals surface area contributed by atoms with Crippen molar-refractivity contribution in [1.82, 2.24) is 5.01 Å². The molecule has 148 valence electrons. The van der Waals surface area contributed by atoms with Crippen LogP contribution in [0.25, 0.3) is 0 Å². The van der Waals surface area contributed by atoms with E-state index in [0.717, 1.165) is 17.3 Å². The second-order valence-electron chi connectivity index (χ2n) is 6.19. The average molecular weight is 450 g/mol. The van der Waals surface area contributed by atoms with Gasteiger partial charge < -0.3 is 10.4 Å². The maximum Gasteiger partial charge on any atom is 0.438 e. The molecule has 0 aliphatic carbocycles. The molecule has 1 aromatic carbocycles. The maximum atomic E-state index is 13.4. The summed E-state index contributed by atoms with van der Waals surface area (Å²) >= 11 is 3.20. The van der Waals surface area contributed by atoms with E-state index in [4.69, 9.17) is 0 Å². The number of carbonyl (C=O) groups excluding carboxylic acids is 2. The molecule has 1 aliphatic heterocycles. The van der Waals surface area contributed by atoms with Crippen molar-refractivity contribution in [2.45, 2.75) is 50.9 Å². The highest BCUT2D eigenvalue weighted by Gasteiger charge is 2.63. The molecule has 0 aromatic heterocycles. The van der Waals surface area contributed by atoms with Crippen LogP contribution in [0.4, 0.5) is 18.9 Å². The van der Waals surface area contributed by atoms with Crippen LogP contribution in [0.15, 0.2) is 33.8 Å². The molecule has 0 saturated heterocycles. The third kappa shape index (κ3) is 4.86. The number of nitrogens with zero attached hydrogens (tertiary/aromatic N) is 2. The summed E-state index contributed by atoms with van der Waals surface area (Å²) < 4.78 is 40.9. The fraction of sp³-hybridized carbons (Fsp3) is 0.471. The topological polar surface area (TPSA) is 82.0 Å². The maximum absolute atomic E-state index is 13.4. The van der Waals surface area contributed by atoms with Gasteiger partial charge in [-0.15, -0.1) is 0 Å².